The van der Waals surface area contributed by atoms with E-state index in [9.17, 15) is 9.90 Å². The van der Waals surface area contributed by atoms with Gasteiger partial charge in [0.25, 0.3) is 0 Å². The van der Waals surface area contributed by atoms with Gasteiger partial charge in [0.15, 0.2) is 0 Å². The van der Waals surface area contributed by atoms with Crippen LogP contribution in [0.3, 0.4) is 0 Å². The zero-order valence-electron chi connectivity index (χ0n) is 19.2. The van der Waals surface area contributed by atoms with Crippen molar-refractivity contribution in [1.29, 1.82) is 0 Å². The first-order valence-electron chi connectivity index (χ1n) is 11.3. The van der Waals surface area contributed by atoms with E-state index in [1.165, 1.54) is 5.56 Å². The van der Waals surface area contributed by atoms with E-state index in [0.717, 1.165) is 42.5 Å². The lowest BCUT2D eigenvalue weighted by molar-refractivity contribution is 0.0213. The van der Waals surface area contributed by atoms with E-state index in [2.05, 4.69) is 36.1 Å². The van der Waals surface area contributed by atoms with Gasteiger partial charge in [-0.25, -0.2) is 9.78 Å². The molecular weight excluding hydrogens is 402 g/mol. The molecule has 0 unspecified atom stereocenters. The molecule has 1 aliphatic carbocycles. The molecule has 2 aliphatic rings. The van der Waals surface area contributed by atoms with E-state index >= 15 is 0 Å². The van der Waals surface area contributed by atoms with E-state index in [-0.39, 0.29) is 29.3 Å². The zero-order valence-corrected chi connectivity index (χ0v) is 19.2. The quantitative estimate of drug-likeness (QED) is 0.659. The summed E-state index contributed by atoms with van der Waals surface area (Å²) < 4.78 is 2.03. The van der Waals surface area contributed by atoms with Crippen LogP contribution in [0.15, 0.2) is 42.5 Å². The summed E-state index contributed by atoms with van der Waals surface area (Å²) in [5, 5.41) is 13.3. The molecule has 2 heterocycles. The molecule has 0 spiro atoms. The molecule has 32 heavy (non-hydrogen) atoms. The minimum Gasteiger partial charge on any atom is -0.508 e. The number of likely N-dealkylation sites (tertiary alicyclic amines) is 1. The lowest BCUT2D eigenvalue weighted by Gasteiger charge is -2.57. The maximum absolute atomic E-state index is 13.5. The number of imidazole rings is 1. The molecule has 2 N–H and O–H groups in total. The van der Waals surface area contributed by atoms with Crippen LogP contribution in [0.4, 0.5) is 10.7 Å². The highest BCUT2D eigenvalue weighted by Crippen LogP contribution is 2.47. The number of aromatic hydroxyl groups is 1. The maximum atomic E-state index is 13.5. The second kappa shape index (κ2) is 7.52. The second-order valence-electron chi connectivity index (χ2n) is 9.42. The SMILES string of the molecule is CCn1c(NC(=O)N(C)[C@H]2[C@H]3Cc4ccc(O)cc4[C@@]2(C)CCN3C)nc2ccccc21. The fourth-order valence-electron chi connectivity index (χ4n) is 5.94. The van der Waals surface area contributed by atoms with Crippen LogP contribution >= 0.6 is 0 Å². The Hall–Kier alpha value is -3.06. The van der Waals surface area contributed by atoms with Crippen LogP contribution < -0.4 is 5.32 Å². The van der Waals surface area contributed by atoms with E-state index in [4.69, 9.17) is 0 Å². The molecule has 5 rings (SSSR count). The van der Waals surface area contributed by atoms with E-state index in [0.29, 0.717) is 5.95 Å². The Morgan fingerprint density at radius 1 is 1.31 bits per heavy atom. The molecule has 1 saturated heterocycles. The molecule has 168 valence electrons. The van der Waals surface area contributed by atoms with Crippen molar-refractivity contribution in [3.8, 4) is 5.75 Å². The molecule has 0 radical (unpaired) electrons. The van der Waals surface area contributed by atoms with Gasteiger partial charge in [-0.1, -0.05) is 25.1 Å². The summed E-state index contributed by atoms with van der Waals surface area (Å²) in [6, 6.07) is 13.7. The third kappa shape index (κ3) is 3.06. The average Bonchev–Trinajstić information content (AvgIpc) is 3.13. The van der Waals surface area contributed by atoms with Crippen LogP contribution in [0.5, 0.6) is 5.75 Å². The number of nitrogens with one attached hydrogen (secondary N) is 1. The molecular formula is C25H31N5O2. The Bertz CT molecular complexity index is 1190. The number of likely N-dealkylation sites (N-methyl/N-ethyl adjacent to an activating group) is 2. The normalized spacial score (nSPS) is 24.9. The number of urea groups is 1. The Kier molecular flexibility index (Phi) is 4.89. The van der Waals surface area contributed by atoms with Gasteiger partial charge in [0.05, 0.1) is 17.1 Å². The monoisotopic (exact) mass is 433 g/mol. The summed E-state index contributed by atoms with van der Waals surface area (Å²) in [5.41, 5.74) is 4.07. The molecule has 7 heteroatoms. The topological polar surface area (TPSA) is 73.6 Å². The number of nitrogens with zero attached hydrogens (tertiary/aromatic N) is 4. The number of aryl methyl sites for hydroxylation is 1. The summed E-state index contributed by atoms with van der Waals surface area (Å²) in [6.45, 7) is 5.98. The lowest BCUT2D eigenvalue weighted by Crippen LogP contribution is -2.67. The Morgan fingerprint density at radius 3 is 2.88 bits per heavy atom. The predicted octanol–water partition coefficient (Wildman–Crippen LogP) is 3.81. The Labute approximate surface area is 188 Å². The number of carbonyl (C=O) groups excluding carboxylic acids is 1. The first-order valence-corrected chi connectivity index (χ1v) is 11.3. The van der Waals surface area contributed by atoms with E-state index < -0.39 is 0 Å². The van der Waals surface area contributed by atoms with Gasteiger partial charge in [-0.15, -0.1) is 0 Å². The van der Waals surface area contributed by atoms with Crippen molar-refractivity contribution in [1.82, 2.24) is 19.4 Å². The molecule has 7 nitrogen and oxygen atoms in total. The second-order valence-corrected chi connectivity index (χ2v) is 9.42. The smallest absolute Gasteiger partial charge is 0.324 e. The van der Waals surface area contributed by atoms with Gasteiger partial charge in [0.2, 0.25) is 5.95 Å². The third-order valence-corrected chi connectivity index (χ3v) is 7.63. The van der Waals surface area contributed by atoms with Crippen LogP contribution in [-0.4, -0.2) is 63.2 Å². The molecule has 3 atom stereocenters. The largest absolute Gasteiger partial charge is 0.508 e. The van der Waals surface area contributed by atoms with Crippen molar-refractivity contribution < 1.29 is 9.90 Å². The Morgan fingerprint density at radius 2 is 2.09 bits per heavy atom. The number of fused-ring (bicyclic) bond motifs is 5. The molecule has 3 aromatic rings. The summed E-state index contributed by atoms with van der Waals surface area (Å²) >= 11 is 0. The van der Waals surface area contributed by atoms with Crippen molar-refractivity contribution in [3.05, 3.63) is 53.6 Å². The molecule has 0 saturated carbocycles. The fourth-order valence-corrected chi connectivity index (χ4v) is 5.94. The number of anilines is 1. The number of benzene rings is 2. The minimum absolute atomic E-state index is 0.0185. The van der Waals surface area contributed by atoms with Crippen molar-refractivity contribution in [3.63, 3.8) is 0 Å². The van der Waals surface area contributed by atoms with Gasteiger partial charge >= 0.3 is 6.03 Å². The van der Waals surface area contributed by atoms with E-state index in [1.54, 1.807) is 6.07 Å². The number of phenolic OH excluding ortho intramolecular Hbond substituents is 1. The van der Waals surface area contributed by atoms with Crippen molar-refractivity contribution >= 4 is 23.0 Å². The van der Waals surface area contributed by atoms with Crippen LogP contribution in [0, 0.1) is 0 Å². The highest BCUT2D eigenvalue weighted by molar-refractivity contribution is 5.90. The third-order valence-electron chi connectivity index (χ3n) is 7.63. The van der Waals surface area contributed by atoms with Crippen LogP contribution in [0.1, 0.15) is 31.4 Å². The number of carbonyl (C=O) groups is 1. The predicted molar refractivity (Wildman–Crippen MR) is 126 cm³/mol. The summed E-state index contributed by atoms with van der Waals surface area (Å²) in [7, 11) is 4.03. The van der Waals surface area contributed by atoms with Crippen LogP contribution in [0.2, 0.25) is 0 Å². The number of para-hydroxylation sites is 2. The minimum atomic E-state index is -0.236. The van der Waals surface area contributed by atoms with Gasteiger partial charge in [-0.05, 0) is 68.8 Å². The molecule has 1 fully saturated rings. The van der Waals surface area contributed by atoms with Gasteiger partial charge in [0, 0.05) is 25.0 Å². The molecule has 1 aliphatic heterocycles. The van der Waals surface area contributed by atoms with Gasteiger partial charge in [-0.2, -0.15) is 0 Å². The Balaban J connectivity index is 1.49. The lowest BCUT2D eigenvalue weighted by atomic mass is 9.61. The van der Waals surface area contributed by atoms with Crippen LogP contribution in [-0.2, 0) is 18.4 Å². The van der Waals surface area contributed by atoms with Crippen LogP contribution in [0.25, 0.3) is 11.0 Å². The van der Waals surface area contributed by atoms with E-state index in [1.807, 2.05) is 52.9 Å². The number of amides is 2. The number of hydrogen-bond acceptors (Lipinski definition) is 4. The number of phenols is 1. The van der Waals surface area contributed by atoms with Crippen molar-refractivity contribution in [2.24, 2.45) is 0 Å². The molecule has 1 aromatic heterocycles. The standard InChI is InChI=1S/C25H31N5O2/c1-5-30-20-9-7-6-8-19(20)26-23(30)27-24(32)29(4)22-21-14-16-10-11-17(31)15-18(16)25(22,2)12-13-28(21)3/h6-11,15,21-22,31H,5,12-14H2,1-4H3,(H,26,27,32)/t21-,22+,25-/m1/s1. The number of aromatic nitrogens is 2. The summed E-state index contributed by atoms with van der Waals surface area (Å²) in [6.07, 6.45) is 1.78. The maximum Gasteiger partial charge on any atom is 0.324 e. The highest BCUT2D eigenvalue weighted by Gasteiger charge is 2.52. The van der Waals surface area contributed by atoms with Crippen molar-refractivity contribution in [2.45, 2.75) is 50.7 Å². The first-order chi connectivity index (χ1) is 15.3. The zero-order chi connectivity index (χ0) is 22.6. The summed E-state index contributed by atoms with van der Waals surface area (Å²) in [5.74, 6) is 0.855. The number of hydrogen-bond donors (Lipinski definition) is 2. The molecule has 2 amide bonds. The average molecular weight is 434 g/mol. The van der Waals surface area contributed by atoms with Gasteiger partial charge in [-0.3, -0.25) is 5.32 Å². The number of piperidine rings is 1. The fraction of sp³-hybridized carbons (Fsp3) is 0.440. The van der Waals surface area contributed by atoms with Gasteiger partial charge in [0.1, 0.15) is 5.75 Å². The number of rotatable bonds is 3. The molecule has 2 aromatic carbocycles. The summed E-state index contributed by atoms with van der Waals surface area (Å²) in [4.78, 5) is 22.4. The highest BCUT2D eigenvalue weighted by atomic mass is 16.3. The first kappa shape index (κ1) is 20.8. The van der Waals surface area contributed by atoms with Crippen molar-refractivity contribution in [2.75, 3.05) is 26.0 Å². The molecule has 2 bridgehead atoms. The van der Waals surface area contributed by atoms with Gasteiger partial charge < -0.3 is 19.5 Å².